The summed E-state index contributed by atoms with van der Waals surface area (Å²) in [6.45, 7) is 13.2. The smallest absolute Gasteiger partial charge is 0.148 e. The fraction of sp³-hybridized carbons (Fsp3) is 0.481. The Morgan fingerprint density at radius 1 is 0.933 bits per heavy atom. The molecule has 0 radical (unpaired) electrons. The first-order valence-corrected chi connectivity index (χ1v) is 10.4. The zero-order valence-corrected chi connectivity index (χ0v) is 18.9. The largest absolute Gasteiger partial charge is 0.279 e. The van der Waals surface area contributed by atoms with Crippen LogP contribution in [-0.2, 0) is 16.2 Å². The monoisotopic (exact) mass is 407 g/mol. The van der Waals surface area contributed by atoms with Gasteiger partial charge in [-0.05, 0) is 51.6 Å². The van der Waals surface area contributed by atoms with Crippen molar-refractivity contribution < 1.29 is 11.0 Å². The summed E-state index contributed by atoms with van der Waals surface area (Å²) in [5.74, 6) is 0.0790. The van der Waals surface area contributed by atoms with Crippen LogP contribution in [-0.4, -0.2) is 14.4 Å². The lowest BCUT2D eigenvalue weighted by molar-refractivity contribution is 0.125. The Kier molecular flexibility index (Phi) is 2.25. The maximum Gasteiger partial charge on any atom is 0.148 e. The van der Waals surface area contributed by atoms with Crippen LogP contribution < -0.4 is 0 Å². The fourth-order valence-electron chi connectivity index (χ4n) is 4.89. The van der Waals surface area contributed by atoms with Crippen LogP contribution in [0.4, 0.5) is 0 Å². The molecule has 0 spiro atoms. The molecule has 156 valence electrons. The van der Waals surface area contributed by atoms with Gasteiger partial charge in [0, 0.05) is 14.9 Å². The summed E-state index contributed by atoms with van der Waals surface area (Å²) in [5, 5.41) is 0.315. The summed E-state index contributed by atoms with van der Waals surface area (Å²) in [5.41, 5.74) is -0.372. The first-order chi connectivity index (χ1) is 17.1. The molecule has 1 aliphatic rings. The van der Waals surface area contributed by atoms with Crippen molar-refractivity contribution in [3.8, 4) is 0 Å². The number of benzene rings is 2. The van der Waals surface area contributed by atoms with E-state index >= 15 is 0 Å². The standard InChI is InChI=1S/C27H33N3/c1-24(2,3)23-29-19-13-11-10-12-16(19)22-28-20-14-17-18(15-21(20)30(22)23)26(6,7)27(8,9)25(17,4)5/h10-15H,1-9H3/i1D3,10D,11D,13D,14D,15D. The van der Waals surface area contributed by atoms with Gasteiger partial charge in [0.1, 0.15) is 11.5 Å². The molecule has 0 N–H and O–H groups in total. The summed E-state index contributed by atoms with van der Waals surface area (Å²) in [6.07, 6.45) is 0. The van der Waals surface area contributed by atoms with Crippen LogP contribution in [0.1, 0.15) is 90.2 Å². The number of hydrogen-bond acceptors (Lipinski definition) is 2. The second-order valence-corrected chi connectivity index (χ2v) is 10.7. The summed E-state index contributed by atoms with van der Waals surface area (Å²) in [4.78, 5) is 9.47. The van der Waals surface area contributed by atoms with E-state index in [2.05, 4.69) is 46.5 Å². The molecule has 4 aromatic rings. The first-order valence-electron chi connectivity index (χ1n) is 14.4. The number of para-hydroxylation sites is 1. The van der Waals surface area contributed by atoms with Gasteiger partial charge < -0.3 is 0 Å². The van der Waals surface area contributed by atoms with Crippen molar-refractivity contribution in [3.05, 3.63) is 53.2 Å². The van der Waals surface area contributed by atoms with Gasteiger partial charge in [0.15, 0.2) is 0 Å². The van der Waals surface area contributed by atoms with E-state index in [1.165, 1.54) is 19.9 Å². The van der Waals surface area contributed by atoms with Crippen LogP contribution in [0.25, 0.3) is 27.6 Å². The van der Waals surface area contributed by atoms with E-state index in [1.807, 2.05) is 0 Å². The SMILES string of the molecule is [2H]c1cc2c(nc(C(C)(C)C([2H])([2H])[2H])n3c2nc2c([2H])c4c(c([2H])c23)C(C)(C)C(C)(C)C4(C)C)c([2H])c1[2H]. The highest BCUT2D eigenvalue weighted by atomic mass is 15.1. The van der Waals surface area contributed by atoms with Gasteiger partial charge in [-0.25, -0.2) is 9.97 Å². The molecule has 0 atom stereocenters. The fourth-order valence-corrected chi connectivity index (χ4v) is 4.89. The van der Waals surface area contributed by atoms with Crippen LogP contribution in [0.3, 0.4) is 0 Å². The quantitative estimate of drug-likeness (QED) is 0.316. The van der Waals surface area contributed by atoms with Gasteiger partial charge in [0.2, 0.25) is 0 Å². The Hall–Kier alpha value is -2.42. The third-order valence-electron chi connectivity index (χ3n) is 7.94. The normalized spacial score (nSPS) is 23.9. The van der Waals surface area contributed by atoms with E-state index in [-0.39, 0.29) is 58.1 Å². The number of imidazole rings is 1. The second kappa shape index (κ2) is 5.43. The zero-order chi connectivity index (χ0) is 28.7. The number of aromatic nitrogens is 3. The third-order valence-corrected chi connectivity index (χ3v) is 7.94. The lowest BCUT2D eigenvalue weighted by Gasteiger charge is -2.44. The third kappa shape index (κ3) is 2.16. The van der Waals surface area contributed by atoms with E-state index in [0.29, 0.717) is 10.9 Å². The molecule has 0 amide bonds. The average Bonchev–Trinajstić information content (AvgIpc) is 3.23. The molecule has 1 aliphatic carbocycles. The molecule has 0 saturated heterocycles. The van der Waals surface area contributed by atoms with E-state index in [4.69, 9.17) is 13.2 Å². The van der Waals surface area contributed by atoms with Crippen molar-refractivity contribution in [2.75, 3.05) is 0 Å². The van der Waals surface area contributed by atoms with Crippen molar-refractivity contribution >= 4 is 27.6 Å². The van der Waals surface area contributed by atoms with Crippen LogP contribution in [0.15, 0.2) is 36.3 Å². The highest BCUT2D eigenvalue weighted by molar-refractivity contribution is 5.97. The molecule has 3 nitrogen and oxygen atoms in total. The van der Waals surface area contributed by atoms with Gasteiger partial charge in [-0.1, -0.05) is 74.3 Å². The van der Waals surface area contributed by atoms with Crippen molar-refractivity contribution in [1.29, 1.82) is 0 Å². The molecule has 2 aromatic heterocycles. The number of rotatable bonds is 0. The summed E-state index contributed by atoms with van der Waals surface area (Å²) < 4.78 is 70.2. The Labute approximate surface area is 190 Å². The van der Waals surface area contributed by atoms with Crippen molar-refractivity contribution in [2.45, 2.75) is 78.5 Å². The first kappa shape index (κ1) is 12.4. The minimum absolute atomic E-state index is 0.0773. The summed E-state index contributed by atoms with van der Waals surface area (Å²) >= 11 is 0. The van der Waals surface area contributed by atoms with Crippen LogP contribution in [0, 0.1) is 5.41 Å². The number of nitrogens with zero attached hydrogens (tertiary/aromatic N) is 3. The number of fused-ring (bicyclic) bond motifs is 6. The molecule has 2 aromatic carbocycles. The van der Waals surface area contributed by atoms with Crippen LogP contribution >= 0.6 is 0 Å². The predicted octanol–water partition coefficient (Wildman–Crippen LogP) is 6.93. The van der Waals surface area contributed by atoms with Gasteiger partial charge in [0.05, 0.1) is 23.4 Å². The maximum atomic E-state index is 9.49. The molecule has 0 unspecified atom stereocenters. The summed E-state index contributed by atoms with van der Waals surface area (Å²) in [6, 6.07) is 1.01. The molecule has 0 bridgehead atoms. The van der Waals surface area contributed by atoms with Gasteiger partial charge in [0.25, 0.3) is 0 Å². The highest BCUT2D eigenvalue weighted by Crippen LogP contribution is 2.61. The molecule has 3 heteroatoms. The molecule has 2 heterocycles. The van der Waals surface area contributed by atoms with E-state index in [0.717, 1.165) is 11.1 Å². The van der Waals surface area contributed by atoms with Gasteiger partial charge in [-0.3, -0.25) is 4.40 Å². The topological polar surface area (TPSA) is 30.2 Å². The van der Waals surface area contributed by atoms with Crippen molar-refractivity contribution in [1.82, 2.24) is 14.4 Å². The summed E-state index contributed by atoms with van der Waals surface area (Å²) in [7, 11) is 0. The lowest BCUT2D eigenvalue weighted by Crippen LogP contribution is -2.42. The van der Waals surface area contributed by atoms with Gasteiger partial charge in [-0.2, -0.15) is 0 Å². The van der Waals surface area contributed by atoms with E-state index in [1.54, 1.807) is 4.40 Å². The Morgan fingerprint density at radius 2 is 1.60 bits per heavy atom. The Morgan fingerprint density at radius 3 is 2.27 bits per heavy atom. The van der Waals surface area contributed by atoms with Crippen LogP contribution in [0.5, 0.6) is 0 Å². The van der Waals surface area contributed by atoms with E-state index in [9.17, 15) is 2.74 Å². The minimum Gasteiger partial charge on any atom is -0.279 e. The van der Waals surface area contributed by atoms with Crippen molar-refractivity contribution in [3.63, 3.8) is 0 Å². The molecular formula is C27H33N3. The zero-order valence-electron chi connectivity index (χ0n) is 26.9. The molecule has 0 aliphatic heterocycles. The highest BCUT2D eigenvalue weighted by Gasteiger charge is 2.57. The minimum atomic E-state index is -2.50. The Balaban J connectivity index is 2.13. The average molecular weight is 408 g/mol. The maximum absolute atomic E-state index is 9.49. The molecule has 30 heavy (non-hydrogen) atoms. The molecule has 0 fully saturated rings. The van der Waals surface area contributed by atoms with Crippen molar-refractivity contribution in [2.24, 2.45) is 5.41 Å². The molecule has 0 saturated carbocycles. The predicted molar refractivity (Wildman–Crippen MR) is 127 cm³/mol. The Bertz CT molecular complexity index is 1710. The molecular weight excluding hydrogens is 366 g/mol. The number of hydrogen-bond donors (Lipinski definition) is 0. The van der Waals surface area contributed by atoms with Crippen LogP contribution in [0.2, 0.25) is 0 Å². The van der Waals surface area contributed by atoms with Gasteiger partial charge >= 0.3 is 0 Å². The molecule has 5 rings (SSSR count). The lowest BCUT2D eigenvalue weighted by atomic mass is 9.59. The van der Waals surface area contributed by atoms with E-state index < -0.39 is 23.1 Å². The second-order valence-electron chi connectivity index (χ2n) is 10.7. The van der Waals surface area contributed by atoms with Gasteiger partial charge in [-0.15, -0.1) is 0 Å².